The first-order chi connectivity index (χ1) is 14.9. The highest BCUT2D eigenvalue weighted by atomic mass is 19.4. The fourth-order valence-electron chi connectivity index (χ4n) is 3.10. The van der Waals surface area contributed by atoms with Crippen molar-refractivity contribution < 1.29 is 13.2 Å². The first-order valence-corrected chi connectivity index (χ1v) is 8.91. The highest BCUT2D eigenvalue weighted by Crippen LogP contribution is 2.36. The van der Waals surface area contributed by atoms with E-state index in [1.54, 1.807) is 24.4 Å². The predicted octanol–water partition coefficient (Wildman–Crippen LogP) is 3.19. The molecule has 9 nitrogen and oxygen atoms in total. The number of alkyl halides is 3. The number of rotatable bonds is 3. The van der Waals surface area contributed by atoms with Gasteiger partial charge in [-0.25, -0.2) is 15.0 Å². The summed E-state index contributed by atoms with van der Waals surface area (Å²) >= 11 is 0. The average Bonchev–Trinajstić information content (AvgIpc) is 3.37. The highest BCUT2D eigenvalue weighted by molar-refractivity contribution is 5.95. The van der Waals surface area contributed by atoms with Gasteiger partial charge in [-0.3, -0.25) is 9.89 Å². The zero-order valence-electron chi connectivity index (χ0n) is 15.4. The topological polar surface area (TPSA) is 114 Å². The van der Waals surface area contributed by atoms with E-state index in [-0.39, 0.29) is 34.0 Å². The number of hydrogen-bond acceptors (Lipinski definition) is 7. The lowest BCUT2D eigenvalue weighted by Crippen LogP contribution is -2.13. The Kier molecular flexibility index (Phi) is 4.13. The van der Waals surface area contributed by atoms with Crippen molar-refractivity contribution in [3.63, 3.8) is 0 Å². The van der Waals surface area contributed by atoms with Crippen LogP contribution in [0.25, 0.3) is 28.1 Å². The molecule has 4 heterocycles. The molecular weight excluding hydrogens is 413 g/mol. The summed E-state index contributed by atoms with van der Waals surface area (Å²) in [7, 11) is 0. The number of benzene rings is 1. The first-order valence-electron chi connectivity index (χ1n) is 8.91. The Labute approximate surface area is 170 Å². The number of hydrogen-bond donors (Lipinski definition) is 2. The largest absolute Gasteiger partial charge is 0.418 e. The zero-order chi connectivity index (χ0) is 21.6. The van der Waals surface area contributed by atoms with Gasteiger partial charge < -0.3 is 5.32 Å². The van der Waals surface area contributed by atoms with Crippen molar-refractivity contribution in [1.29, 1.82) is 0 Å². The smallest absolute Gasteiger partial charge is 0.319 e. The van der Waals surface area contributed by atoms with Gasteiger partial charge in [0.1, 0.15) is 11.4 Å². The van der Waals surface area contributed by atoms with Crippen molar-refractivity contribution in [1.82, 2.24) is 34.8 Å². The van der Waals surface area contributed by atoms with Crippen LogP contribution in [-0.2, 0) is 6.18 Å². The summed E-state index contributed by atoms with van der Waals surface area (Å²) in [6.45, 7) is 0. The third-order valence-corrected chi connectivity index (χ3v) is 4.47. The third-order valence-electron chi connectivity index (χ3n) is 4.47. The molecule has 2 N–H and O–H groups in total. The van der Waals surface area contributed by atoms with Gasteiger partial charge in [-0.2, -0.15) is 22.8 Å². The van der Waals surface area contributed by atoms with E-state index in [1.807, 2.05) is 0 Å². The molecule has 0 unspecified atom stereocenters. The fraction of sp³-hybridized carbons (Fsp3) is 0.0526. The Morgan fingerprint density at radius 1 is 1.03 bits per heavy atom. The number of nitrogens with one attached hydrogen (secondary N) is 2. The third kappa shape index (κ3) is 3.23. The number of fused-ring (bicyclic) bond motifs is 3. The number of anilines is 2. The number of aromatic nitrogens is 7. The van der Waals surface area contributed by atoms with E-state index in [0.29, 0.717) is 5.69 Å². The molecule has 0 amide bonds. The van der Waals surface area contributed by atoms with Crippen molar-refractivity contribution in [3.05, 3.63) is 70.8 Å². The van der Waals surface area contributed by atoms with Gasteiger partial charge in [0.05, 0.1) is 11.1 Å². The Bertz CT molecular complexity index is 1480. The van der Waals surface area contributed by atoms with Gasteiger partial charge in [-0.05, 0) is 30.3 Å². The Morgan fingerprint density at radius 3 is 2.68 bits per heavy atom. The molecule has 0 saturated heterocycles. The summed E-state index contributed by atoms with van der Waals surface area (Å²) in [5.74, 6) is 0.0497. The molecule has 12 heteroatoms. The maximum atomic E-state index is 13.6. The lowest BCUT2D eigenvalue weighted by molar-refractivity contribution is -0.136. The summed E-state index contributed by atoms with van der Waals surface area (Å²) in [5.41, 5.74) is -1.34. The number of para-hydroxylation sites is 1. The molecule has 0 aliphatic heterocycles. The molecule has 0 atom stereocenters. The SMILES string of the molecule is O=c1nccccc1Nc1nc2c(C(F)(F)F)cccc2c2nc(-c3cc[nH]n3)nn12. The molecule has 0 fully saturated rings. The van der Waals surface area contributed by atoms with Crippen LogP contribution < -0.4 is 10.9 Å². The molecule has 4 aromatic heterocycles. The molecule has 5 rings (SSSR count). The van der Waals surface area contributed by atoms with E-state index in [1.165, 1.54) is 28.9 Å². The Balaban J connectivity index is 1.83. The summed E-state index contributed by atoms with van der Waals surface area (Å²) < 4.78 is 42.2. The van der Waals surface area contributed by atoms with E-state index in [0.717, 1.165) is 6.07 Å². The minimum Gasteiger partial charge on any atom is -0.319 e. The normalized spacial score (nSPS) is 11.8. The maximum Gasteiger partial charge on any atom is 0.418 e. The average molecular weight is 424 g/mol. The second-order valence-corrected chi connectivity index (χ2v) is 6.44. The summed E-state index contributed by atoms with van der Waals surface area (Å²) in [6, 6.07) is 9.85. The molecule has 0 radical (unpaired) electrons. The van der Waals surface area contributed by atoms with Gasteiger partial charge in [0.2, 0.25) is 11.8 Å². The molecule has 0 saturated carbocycles. The summed E-state index contributed by atoms with van der Waals surface area (Å²) in [5, 5.41) is 13.9. The van der Waals surface area contributed by atoms with E-state index in [9.17, 15) is 18.0 Å². The molecule has 0 aliphatic carbocycles. The van der Waals surface area contributed by atoms with Crippen LogP contribution in [0.5, 0.6) is 0 Å². The van der Waals surface area contributed by atoms with Crippen molar-refractivity contribution in [2.24, 2.45) is 0 Å². The van der Waals surface area contributed by atoms with Gasteiger partial charge in [0.25, 0.3) is 5.56 Å². The summed E-state index contributed by atoms with van der Waals surface area (Å²) in [4.78, 5) is 24.4. The number of H-pyrrole nitrogens is 1. The number of nitrogens with zero attached hydrogens (tertiary/aromatic N) is 6. The molecular formula is C19H11F3N8O. The van der Waals surface area contributed by atoms with E-state index < -0.39 is 17.3 Å². The van der Waals surface area contributed by atoms with Gasteiger partial charge in [0, 0.05) is 17.8 Å². The van der Waals surface area contributed by atoms with E-state index in [2.05, 4.69) is 35.6 Å². The minimum atomic E-state index is -4.64. The molecule has 1 aromatic carbocycles. The molecule has 154 valence electrons. The number of halogens is 3. The van der Waals surface area contributed by atoms with Crippen LogP contribution in [0.15, 0.2) is 59.7 Å². The minimum absolute atomic E-state index is 0.0134. The monoisotopic (exact) mass is 424 g/mol. The van der Waals surface area contributed by atoms with Gasteiger partial charge in [-0.15, -0.1) is 5.10 Å². The van der Waals surface area contributed by atoms with Crippen molar-refractivity contribution in [2.75, 3.05) is 5.32 Å². The standard InChI is InChI=1S/C19H11F3N8O/c20-19(21,22)11-5-3-4-10-14(11)26-18(25-13-6-1-2-8-23-17(13)31)30-16(10)27-15(29-30)12-7-9-24-28-12/h1-9H,(H,24,28)(H,23,25,26,31). The molecule has 0 spiro atoms. The second kappa shape index (κ2) is 6.86. The Morgan fingerprint density at radius 2 is 1.90 bits per heavy atom. The van der Waals surface area contributed by atoms with Crippen LogP contribution >= 0.6 is 0 Å². The first kappa shape index (κ1) is 18.7. The Hall–Kier alpha value is -4.35. The van der Waals surface area contributed by atoms with Crippen LogP contribution in [0.3, 0.4) is 0 Å². The van der Waals surface area contributed by atoms with Crippen LogP contribution in [0.1, 0.15) is 5.56 Å². The molecule has 0 bridgehead atoms. The lowest BCUT2D eigenvalue weighted by atomic mass is 10.1. The van der Waals surface area contributed by atoms with Crippen molar-refractivity contribution >= 4 is 28.2 Å². The van der Waals surface area contributed by atoms with Crippen LogP contribution in [0.2, 0.25) is 0 Å². The number of aromatic amines is 1. The predicted molar refractivity (Wildman–Crippen MR) is 105 cm³/mol. The van der Waals surface area contributed by atoms with Crippen LogP contribution in [0, 0.1) is 0 Å². The van der Waals surface area contributed by atoms with Crippen LogP contribution in [0.4, 0.5) is 24.8 Å². The molecule has 5 aromatic rings. The van der Waals surface area contributed by atoms with Gasteiger partial charge in [-0.1, -0.05) is 12.1 Å². The summed E-state index contributed by atoms with van der Waals surface area (Å²) in [6.07, 6.45) is -1.76. The van der Waals surface area contributed by atoms with E-state index >= 15 is 0 Å². The van der Waals surface area contributed by atoms with Gasteiger partial charge >= 0.3 is 6.18 Å². The maximum absolute atomic E-state index is 13.6. The molecule has 0 aliphatic rings. The molecule has 31 heavy (non-hydrogen) atoms. The highest BCUT2D eigenvalue weighted by Gasteiger charge is 2.34. The van der Waals surface area contributed by atoms with Crippen LogP contribution in [-0.4, -0.2) is 34.8 Å². The second-order valence-electron chi connectivity index (χ2n) is 6.44. The van der Waals surface area contributed by atoms with Crippen molar-refractivity contribution in [3.8, 4) is 11.5 Å². The lowest BCUT2D eigenvalue weighted by Gasteiger charge is -2.12. The quantitative estimate of drug-likeness (QED) is 0.457. The van der Waals surface area contributed by atoms with Gasteiger partial charge in [0.15, 0.2) is 5.65 Å². The van der Waals surface area contributed by atoms with E-state index in [4.69, 9.17) is 0 Å². The van der Waals surface area contributed by atoms with Crippen molar-refractivity contribution in [2.45, 2.75) is 6.18 Å². The zero-order valence-corrected chi connectivity index (χ0v) is 15.4. The fourth-order valence-corrected chi connectivity index (χ4v) is 3.10.